The Bertz CT molecular complexity index is 905. The van der Waals surface area contributed by atoms with Crippen LogP contribution in [0.25, 0.3) is 0 Å². The van der Waals surface area contributed by atoms with E-state index in [0.29, 0.717) is 23.7 Å². The lowest BCUT2D eigenvalue weighted by Crippen LogP contribution is -2.28. The first-order chi connectivity index (χ1) is 14.0. The maximum absolute atomic E-state index is 12.1. The largest absolute Gasteiger partial charge is 0.494 e. The van der Waals surface area contributed by atoms with E-state index in [1.54, 1.807) is 24.3 Å². The number of hydrogen-bond donors (Lipinski definition) is 1. The minimum atomic E-state index is -0.683. The monoisotopic (exact) mass is 396 g/mol. The molecule has 0 unspecified atom stereocenters. The predicted molar refractivity (Wildman–Crippen MR) is 105 cm³/mol. The molecule has 0 aromatic heterocycles. The number of hydrogen-bond acceptors (Lipinski definition) is 6. The number of rotatable bonds is 7. The molecular weight excluding hydrogens is 376 g/mol. The maximum atomic E-state index is 12.1. The minimum absolute atomic E-state index is 0.187. The van der Waals surface area contributed by atoms with Crippen molar-refractivity contribution in [3.8, 4) is 5.75 Å². The summed E-state index contributed by atoms with van der Waals surface area (Å²) in [5.74, 6) is -1.00. The van der Waals surface area contributed by atoms with Gasteiger partial charge in [0.15, 0.2) is 6.61 Å². The summed E-state index contributed by atoms with van der Waals surface area (Å²) in [7, 11) is 0. The molecule has 0 spiro atoms. The first-order valence-corrected chi connectivity index (χ1v) is 9.13. The van der Waals surface area contributed by atoms with E-state index in [9.17, 15) is 19.2 Å². The summed E-state index contributed by atoms with van der Waals surface area (Å²) < 4.78 is 10.3. The van der Waals surface area contributed by atoms with E-state index in [1.165, 1.54) is 24.3 Å². The van der Waals surface area contributed by atoms with Crippen LogP contribution in [0.3, 0.4) is 0 Å². The van der Waals surface area contributed by atoms with Crippen LogP contribution in [0, 0.1) is 0 Å². The van der Waals surface area contributed by atoms with Gasteiger partial charge in [-0.15, -0.1) is 0 Å². The quantitative estimate of drug-likeness (QED) is 0.570. The zero-order valence-corrected chi connectivity index (χ0v) is 15.8. The smallest absolute Gasteiger partial charge is 0.338 e. The normalized spacial score (nSPS) is 13.3. The van der Waals surface area contributed by atoms with Gasteiger partial charge in [0.2, 0.25) is 11.8 Å². The fourth-order valence-corrected chi connectivity index (χ4v) is 2.82. The molecule has 29 heavy (non-hydrogen) atoms. The van der Waals surface area contributed by atoms with Gasteiger partial charge in [-0.2, -0.15) is 0 Å². The van der Waals surface area contributed by atoms with E-state index >= 15 is 0 Å². The molecular formula is C21H20N2O6. The highest BCUT2D eigenvalue weighted by molar-refractivity contribution is 6.19. The van der Waals surface area contributed by atoms with Gasteiger partial charge in [0.1, 0.15) is 5.75 Å². The van der Waals surface area contributed by atoms with Crippen molar-refractivity contribution >= 4 is 35.1 Å². The second kappa shape index (κ2) is 9.01. The van der Waals surface area contributed by atoms with Crippen molar-refractivity contribution in [3.05, 3.63) is 54.1 Å². The Hall–Kier alpha value is -3.68. The molecule has 3 rings (SSSR count). The number of nitrogens with zero attached hydrogens (tertiary/aromatic N) is 1. The van der Waals surface area contributed by atoms with Gasteiger partial charge >= 0.3 is 5.97 Å². The molecule has 0 atom stereocenters. The van der Waals surface area contributed by atoms with Gasteiger partial charge in [-0.25, -0.2) is 4.79 Å². The van der Waals surface area contributed by atoms with E-state index in [1.807, 2.05) is 6.92 Å². The number of carbonyl (C=O) groups is 4. The lowest BCUT2D eigenvalue weighted by Gasteiger charge is -2.14. The minimum Gasteiger partial charge on any atom is -0.494 e. The van der Waals surface area contributed by atoms with Crippen LogP contribution < -0.4 is 15.0 Å². The van der Waals surface area contributed by atoms with Crippen LogP contribution in [0.15, 0.2) is 48.5 Å². The van der Waals surface area contributed by atoms with Gasteiger partial charge in [0, 0.05) is 18.5 Å². The van der Waals surface area contributed by atoms with Gasteiger partial charge in [0.25, 0.3) is 5.91 Å². The zero-order chi connectivity index (χ0) is 20.8. The van der Waals surface area contributed by atoms with E-state index < -0.39 is 18.5 Å². The highest BCUT2D eigenvalue weighted by atomic mass is 16.5. The van der Waals surface area contributed by atoms with Crippen LogP contribution in [0.2, 0.25) is 0 Å². The van der Waals surface area contributed by atoms with E-state index in [2.05, 4.69) is 5.32 Å². The fraction of sp³-hybridized carbons (Fsp3) is 0.238. The summed E-state index contributed by atoms with van der Waals surface area (Å²) in [5.41, 5.74) is 1.17. The summed E-state index contributed by atoms with van der Waals surface area (Å²) >= 11 is 0. The van der Waals surface area contributed by atoms with Gasteiger partial charge in [0.05, 0.1) is 17.9 Å². The third-order valence-electron chi connectivity index (χ3n) is 4.20. The molecule has 2 aromatic carbocycles. The summed E-state index contributed by atoms with van der Waals surface area (Å²) in [6.45, 7) is 1.98. The van der Waals surface area contributed by atoms with Crippen molar-refractivity contribution in [1.29, 1.82) is 0 Å². The van der Waals surface area contributed by atoms with Crippen molar-refractivity contribution in [3.63, 3.8) is 0 Å². The van der Waals surface area contributed by atoms with Gasteiger partial charge in [-0.3, -0.25) is 19.3 Å². The van der Waals surface area contributed by atoms with Crippen molar-refractivity contribution in [2.24, 2.45) is 0 Å². The molecule has 3 amide bonds. The Morgan fingerprint density at radius 1 is 0.966 bits per heavy atom. The van der Waals surface area contributed by atoms with Crippen LogP contribution in [0.5, 0.6) is 5.75 Å². The molecule has 1 saturated heterocycles. The number of carbonyl (C=O) groups excluding carboxylic acids is 4. The van der Waals surface area contributed by atoms with E-state index in [4.69, 9.17) is 9.47 Å². The molecule has 8 nitrogen and oxygen atoms in total. The van der Waals surface area contributed by atoms with Crippen molar-refractivity contribution in [1.82, 2.24) is 0 Å². The third kappa shape index (κ3) is 4.98. The predicted octanol–water partition coefficient (Wildman–Crippen LogP) is 2.53. The van der Waals surface area contributed by atoms with Crippen LogP contribution in [0.4, 0.5) is 11.4 Å². The first kappa shape index (κ1) is 20.1. The number of benzene rings is 2. The third-order valence-corrected chi connectivity index (χ3v) is 4.20. The second-order valence-electron chi connectivity index (χ2n) is 6.25. The summed E-state index contributed by atoms with van der Waals surface area (Å²) in [4.78, 5) is 48.7. The van der Waals surface area contributed by atoms with Gasteiger partial charge < -0.3 is 14.8 Å². The lowest BCUT2D eigenvalue weighted by atomic mass is 10.2. The average Bonchev–Trinajstić information content (AvgIpc) is 3.06. The standard InChI is InChI=1S/C21H20N2O6/c1-2-28-17-9-5-15(6-10-17)22-18(24)13-29-21(27)14-3-7-16(8-4-14)23-19(25)11-12-20(23)26/h3-10H,2,11-13H2,1H3,(H,22,24). The summed E-state index contributed by atoms with van der Waals surface area (Å²) in [5, 5.41) is 2.62. The highest BCUT2D eigenvalue weighted by Crippen LogP contribution is 2.23. The number of amides is 3. The molecule has 1 fully saturated rings. The molecule has 1 N–H and O–H groups in total. The summed E-state index contributed by atoms with van der Waals surface area (Å²) in [6, 6.07) is 12.7. The van der Waals surface area contributed by atoms with Crippen molar-refractivity contribution < 1.29 is 28.7 Å². The SMILES string of the molecule is CCOc1ccc(NC(=O)COC(=O)c2ccc(N3C(=O)CCC3=O)cc2)cc1. The number of ether oxygens (including phenoxy) is 2. The molecule has 8 heteroatoms. The number of anilines is 2. The molecule has 0 bridgehead atoms. The topological polar surface area (TPSA) is 102 Å². The number of esters is 1. The molecule has 2 aromatic rings. The highest BCUT2D eigenvalue weighted by Gasteiger charge is 2.30. The van der Waals surface area contributed by atoms with Gasteiger partial charge in [-0.05, 0) is 55.5 Å². The molecule has 0 saturated carbocycles. The van der Waals surface area contributed by atoms with Gasteiger partial charge in [-0.1, -0.05) is 0 Å². The maximum Gasteiger partial charge on any atom is 0.338 e. The van der Waals surface area contributed by atoms with Crippen LogP contribution in [-0.4, -0.2) is 36.9 Å². The van der Waals surface area contributed by atoms with E-state index in [-0.39, 0.29) is 30.2 Å². The number of nitrogens with one attached hydrogen (secondary N) is 1. The Balaban J connectivity index is 1.51. The Labute approximate surface area is 167 Å². The second-order valence-corrected chi connectivity index (χ2v) is 6.25. The van der Waals surface area contributed by atoms with Crippen LogP contribution in [0.1, 0.15) is 30.1 Å². The Kier molecular flexibility index (Phi) is 6.23. The molecule has 1 aliphatic rings. The molecule has 1 aliphatic heterocycles. The number of imide groups is 1. The zero-order valence-electron chi connectivity index (χ0n) is 15.8. The molecule has 1 heterocycles. The fourth-order valence-electron chi connectivity index (χ4n) is 2.82. The van der Waals surface area contributed by atoms with Crippen LogP contribution in [-0.2, 0) is 19.1 Å². The molecule has 0 aliphatic carbocycles. The van der Waals surface area contributed by atoms with Crippen LogP contribution >= 0.6 is 0 Å². The first-order valence-electron chi connectivity index (χ1n) is 9.13. The summed E-state index contributed by atoms with van der Waals surface area (Å²) in [6.07, 6.45) is 0.373. The van der Waals surface area contributed by atoms with Crippen molar-refractivity contribution in [2.45, 2.75) is 19.8 Å². The van der Waals surface area contributed by atoms with E-state index in [0.717, 1.165) is 4.90 Å². The lowest BCUT2D eigenvalue weighted by molar-refractivity contribution is -0.121. The average molecular weight is 396 g/mol. The Morgan fingerprint density at radius 3 is 2.17 bits per heavy atom. The molecule has 0 radical (unpaired) electrons. The molecule has 150 valence electrons. The van der Waals surface area contributed by atoms with Crippen molar-refractivity contribution in [2.75, 3.05) is 23.4 Å². The Morgan fingerprint density at radius 2 is 1.59 bits per heavy atom.